The van der Waals surface area contributed by atoms with Crippen molar-refractivity contribution in [1.82, 2.24) is 0 Å². The second-order valence-corrected chi connectivity index (χ2v) is 3.79. The zero-order valence-electron chi connectivity index (χ0n) is 9.31. The van der Waals surface area contributed by atoms with Crippen LogP contribution in [0.4, 0.5) is 0 Å². The number of methoxy groups -OCH3 is 1. The molecule has 1 rings (SSSR count). The third-order valence-corrected chi connectivity index (χ3v) is 2.58. The quantitative estimate of drug-likeness (QED) is 0.772. The van der Waals surface area contributed by atoms with E-state index in [1.807, 2.05) is 31.2 Å². The summed E-state index contributed by atoms with van der Waals surface area (Å²) in [5.74, 6) is 0.0583. The van der Waals surface area contributed by atoms with Gasteiger partial charge in [0.2, 0.25) is 0 Å². The van der Waals surface area contributed by atoms with Crippen molar-refractivity contribution in [3.8, 4) is 0 Å². The molecule has 3 heteroatoms. The number of nitrogens with two attached hydrogens (primary N) is 1. The van der Waals surface area contributed by atoms with Gasteiger partial charge in [-0.1, -0.05) is 31.2 Å². The highest BCUT2D eigenvalue weighted by Crippen LogP contribution is 2.24. The fourth-order valence-corrected chi connectivity index (χ4v) is 1.55. The molecule has 0 amide bonds. The fraction of sp³-hybridized carbons (Fsp3) is 0.500. The summed E-state index contributed by atoms with van der Waals surface area (Å²) in [6.07, 6.45) is -0.513. The van der Waals surface area contributed by atoms with Crippen LogP contribution in [0.15, 0.2) is 24.3 Å². The highest BCUT2D eigenvalue weighted by Gasteiger charge is 2.17. The minimum atomic E-state index is -0.513. The molecule has 3 N–H and O–H groups in total. The van der Waals surface area contributed by atoms with Crippen molar-refractivity contribution in [1.29, 1.82) is 0 Å². The molecule has 0 heterocycles. The van der Waals surface area contributed by atoms with Gasteiger partial charge >= 0.3 is 0 Å². The Kier molecular flexibility index (Phi) is 4.75. The van der Waals surface area contributed by atoms with E-state index in [0.29, 0.717) is 13.2 Å². The summed E-state index contributed by atoms with van der Waals surface area (Å²) in [6, 6.07) is 7.75. The minimum absolute atomic E-state index is 0.0583. The van der Waals surface area contributed by atoms with E-state index in [0.717, 1.165) is 11.1 Å². The molecular formula is C12H19NO2. The zero-order valence-corrected chi connectivity index (χ0v) is 9.31. The first-order valence-corrected chi connectivity index (χ1v) is 5.15. The molecule has 0 fully saturated rings. The van der Waals surface area contributed by atoms with E-state index in [1.165, 1.54) is 0 Å². The van der Waals surface area contributed by atoms with E-state index in [-0.39, 0.29) is 5.92 Å². The Bertz CT molecular complexity index is 301. The van der Waals surface area contributed by atoms with Crippen molar-refractivity contribution in [2.45, 2.75) is 19.6 Å². The third kappa shape index (κ3) is 3.02. The molecule has 0 aliphatic carbocycles. The van der Waals surface area contributed by atoms with Gasteiger partial charge in [-0.3, -0.25) is 0 Å². The SMILES string of the molecule is COCc1ccccc1C(O)C(C)CN. The number of aliphatic hydroxyl groups excluding tert-OH is 1. The summed E-state index contributed by atoms with van der Waals surface area (Å²) in [5.41, 5.74) is 7.48. The topological polar surface area (TPSA) is 55.5 Å². The van der Waals surface area contributed by atoms with Gasteiger partial charge < -0.3 is 15.6 Å². The van der Waals surface area contributed by atoms with Crippen molar-refractivity contribution in [3.05, 3.63) is 35.4 Å². The molecule has 84 valence electrons. The van der Waals surface area contributed by atoms with Gasteiger partial charge in [0.05, 0.1) is 12.7 Å². The van der Waals surface area contributed by atoms with E-state index in [2.05, 4.69) is 0 Å². The van der Waals surface area contributed by atoms with Crippen LogP contribution in [0.5, 0.6) is 0 Å². The molecule has 0 bridgehead atoms. The highest BCUT2D eigenvalue weighted by molar-refractivity contribution is 5.28. The summed E-state index contributed by atoms with van der Waals surface area (Å²) in [4.78, 5) is 0. The molecule has 0 spiro atoms. The Hall–Kier alpha value is -0.900. The molecule has 0 aliphatic rings. The normalized spacial score (nSPS) is 14.9. The van der Waals surface area contributed by atoms with Gasteiger partial charge in [-0.05, 0) is 23.6 Å². The second kappa shape index (κ2) is 5.85. The molecule has 0 aromatic heterocycles. The van der Waals surface area contributed by atoms with Crippen LogP contribution < -0.4 is 5.73 Å². The lowest BCUT2D eigenvalue weighted by Crippen LogP contribution is -2.20. The van der Waals surface area contributed by atoms with Crippen LogP contribution in [0, 0.1) is 5.92 Å². The molecule has 0 saturated heterocycles. The van der Waals surface area contributed by atoms with E-state index in [9.17, 15) is 5.11 Å². The first-order valence-electron chi connectivity index (χ1n) is 5.15. The second-order valence-electron chi connectivity index (χ2n) is 3.79. The molecule has 0 aliphatic heterocycles. The van der Waals surface area contributed by atoms with E-state index < -0.39 is 6.10 Å². The molecule has 1 aromatic carbocycles. The van der Waals surface area contributed by atoms with Crippen molar-refractivity contribution >= 4 is 0 Å². The Morgan fingerprint density at radius 3 is 2.67 bits per heavy atom. The van der Waals surface area contributed by atoms with Gasteiger partial charge in [0.25, 0.3) is 0 Å². The minimum Gasteiger partial charge on any atom is -0.388 e. The zero-order chi connectivity index (χ0) is 11.3. The van der Waals surface area contributed by atoms with Crippen LogP contribution >= 0.6 is 0 Å². The van der Waals surface area contributed by atoms with E-state index in [4.69, 9.17) is 10.5 Å². The molecular weight excluding hydrogens is 190 g/mol. The number of aliphatic hydroxyl groups is 1. The van der Waals surface area contributed by atoms with Crippen molar-refractivity contribution < 1.29 is 9.84 Å². The van der Waals surface area contributed by atoms with Crippen LogP contribution in [0.1, 0.15) is 24.2 Å². The molecule has 1 aromatic rings. The summed E-state index contributed by atoms with van der Waals surface area (Å²) >= 11 is 0. The summed E-state index contributed by atoms with van der Waals surface area (Å²) in [7, 11) is 1.65. The standard InChI is InChI=1S/C12H19NO2/c1-9(7-13)12(14)11-6-4-3-5-10(11)8-15-2/h3-6,9,12,14H,7-8,13H2,1-2H3. The van der Waals surface area contributed by atoms with Gasteiger partial charge in [0.1, 0.15) is 0 Å². The van der Waals surface area contributed by atoms with Gasteiger partial charge in [-0.2, -0.15) is 0 Å². The first-order chi connectivity index (χ1) is 7.20. The largest absolute Gasteiger partial charge is 0.388 e. The molecule has 2 unspecified atom stereocenters. The number of hydrogen-bond donors (Lipinski definition) is 2. The number of hydrogen-bond acceptors (Lipinski definition) is 3. The Morgan fingerprint density at radius 1 is 1.40 bits per heavy atom. The predicted octanol–water partition coefficient (Wildman–Crippen LogP) is 1.46. The number of benzene rings is 1. The van der Waals surface area contributed by atoms with Crippen molar-refractivity contribution in [2.24, 2.45) is 11.7 Å². The molecule has 0 saturated carbocycles. The maximum Gasteiger partial charge on any atom is 0.0831 e. The monoisotopic (exact) mass is 209 g/mol. The van der Waals surface area contributed by atoms with Crippen LogP contribution in [0.3, 0.4) is 0 Å². The predicted molar refractivity (Wildman–Crippen MR) is 60.3 cm³/mol. The Labute approximate surface area is 90.9 Å². The summed E-state index contributed by atoms with van der Waals surface area (Å²) in [6.45, 7) is 2.93. The lowest BCUT2D eigenvalue weighted by atomic mass is 9.94. The fourth-order valence-electron chi connectivity index (χ4n) is 1.55. The highest BCUT2D eigenvalue weighted by atomic mass is 16.5. The summed E-state index contributed by atoms with van der Waals surface area (Å²) < 4.78 is 5.09. The van der Waals surface area contributed by atoms with Crippen molar-refractivity contribution in [3.63, 3.8) is 0 Å². The van der Waals surface area contributed by atoms with Gasteiger partial charge in [-0.25, -0.2) is 0 Å². The number of ether oxygens (including phenoxy) is 1. The van der Waals surface area contributed by atoms with Crippen molar-refractivity contribution in [2.75, 3.05) is 13.7 Å². The smallest absolute Gasteiger partial charge is 0.0831 e. The van der Waals surface area contributed by atoms with Gasteiger partial charge in [0.15, 0.2) is 0 Å². The first kappa shape index (κ1) is 12.2. The van der Waals surface area contributed by atoms with Gasteiger partial charge in [-0.15, -0.1) is 0 Å². The molecule has 3 nitrogen and oxygen atoms in total. The number of rotatable bonds is 5. The van der Waals surface area contributed by atoms with E-state index >= 15 is 0 Å². The maximum atomic E-state index is 10.1. The van der Waals surface area contributed by atoms with E-state index in [1.54, 1.807) is 7.11 Å². The van der Waals surface area contributed by atoms with Crippen LogP contribution in [-0.4, -0.2) is 18.8 Å². The maximum absolute atomic E-state index is 10.1. The molecule has 2 atom stereocenters. The van der Waals surface area contributed by atoms with Crippen LogP contribution in [0.2, 0.25) is 0 Å². The van der Waals surface area contributed by atoms with Crippen LogP contribution in [-0.2, 0) is 11.3 Å². The third-order valence-electron chi connectivity index (χ3n) is 2.58. The lowest BCUT2D eigenvalue weighted by Gasteiger charge is -2.20. The molecule has 15 heavy (non-hydrogen) atoms. The molecule has 0 radical (unpaired) electrons. The Balaban J connectivity index is 2.91. The van der Waals surface area contributed by atoms with Crippen LogP contribution in [0.25, 0.3) is 0 Å². The average Bonchev–Trinajstić information content (AvgIpc) is 2.28. The Morgan fingerprint density at radius 2 is 2.07 bits per heavy atom. The lowest BCUT2D eigenvalue weighted by molar-refractivity contribution is 0.116. The average molecular weight is 209 g/mol. The summed E-state index contributed by atoms with van der Waals surface area (Å²) in [5, 5.41) is 10.1. The van der Waals surface area contributed by atoms with Gasteiger partial charge in [0, 0.05) is 7.11 Å².